The van der Waals surface area contributed by atoms with Crippen molar-refractivity contribution < 1.29 is 14.4 Å². The van der Waals surface area contributed by atoms with Crippen LogP contribution in [-0.4, -0.2) is 59.4 Å². The molecule has 190 valence electrons. The minimum Gasteiger partial charge on any atom is -0.368 e. The summed E-state index contributed by atoms with van der Waals surface area (Å²) in [5.74, 6) is -0.144. The first kappa shape index (κ1) is 28.2. The van der Waals surface area contributed by atoms with Crippen LogP contribution in [0.25, 0.3) is 0 Å². The Kier molecular flexibility index (Phi) is 10.9. The zero-order chi connectivity index (χ0) is 25.3. The lowest BCUT2D eigenvalue weighted by atomic mass is 9.84. The largest absolute Gasteiger partial charge is 0.368 e. The Bertz CT molecular complexity index is 820. The van der Waals surface area contributed by atoms with E-state index in [4.69, 9.17) is 5.73 Å². The third-order valence-electron chi connectivity index (χ3n) is 6.50. The lowest BCUT2D eigenvalue weighted by Gasteiger charge is -2.32. The number of nitrogens with two attached hydrogens (primary N) is 1. The van der Waals surface area contributed by atoms with E-state index >= 15 is 0 Å². The SMILES string of the molecule is CC.CNCC(=O)NC1CCSC2CC(C)(C)C(C(N)=O)N2C1=O.c1ccc2c(c1)CCCC2. The first-order chi connectivity index (χ1) is 16.2. The molecule has 2 aliphatic heterocycles. The first-order valence-electron chi connectivity index (χ1n) is 12.5. The highest BCUT2D eigenvalue weighted by Gasteiger charge is 2.53. The highest BCUT2D eigenvalue weighted by atomic mass is 32.2. The van der Waals surface area contributed by atoms with E-state index < -0.39 is 18.0 Å². The van der Waals surface area contributed by atoms with Crippen LogP contribution in [0.5, 0.6) is 0 Å². The molecule has 4 N–H and O–H groups in total. The predicted octanol–water partition coefficient (Wildman–Crippen LogP) is 2.86. The number of rotatable bonds is 4. The number of aryl methyl sites for hydroxylation is 2. The Morgan fingerprint density at radius 2 is 1.74 bits per heavy atom. The molecule has 1 aliphatic carbocycles. The van der Waals surface area contributed by atoms with E-state index in [0.29, 0.717) is 6.42 Å². The number of carbonyl (C=O) groups excluding carboxylic acids is 3. The van der Waals surface area contributed by atoms with Crippen molar-refractivity contribution in [2.75, 3.05) is 19.3 Å². The molecule has 2 saturated heterocycles. The van der Waals surface area contributed by atoms with E-state index in [1.54, 1.807) is 34.8 Å². The summed E-state index contributed by atoms with van der Waals surface area (Å²) in [4.78, 5) is 38.1. The maximum atomic E-state index is 12.8. The highest BCUT2D eigenvalue weighted by Crippen LogP contribution is 2.45. The minimum atomic E-state index is -0.626. The van der Waals surface area contributed by atoms with E-state index in [1.807, 2.05) is 27.7 Å². The maximum Gasteiger partial charge on any atom is 0.246 e. The van der Waals surface area contributed by atoms with Crippen LogP contribution in [0.3, 0.4) is 0 Å². The molecule has 4 rings (SSSR count). The second kappa shape index (κ2) is 13.1. The van der Waals surface area contributed by atoms with Gasteiger partial charge in [0, 0.05) is 0 Å². The number of thioether (sulfide) groups is 1. The van der Waals surface area contributed by atoms with Crippen LogP contribution < -0.4 is 16.4 Å². The van der Waals surface area contributed by atoms with Gasteiger partial charge in [-0.25, -0.2) is 0 Å². The topological polar surface area (TPSA) is 105 Å². The Hall–Kier alpha value is -2.06. The number of hydrogen-bond donors (Lipinski definition) is 3. The third kappa shape index (κ3) is 6.98. The van der Waals surface area contributed by atoms with Gasteiger partial charge in [0.1, 0.15) is 12.1 Å². The van der Waals surface area contributed by atoms with Crippen molar-refractivity contribution >= 4 is 29.5 Å². The molecular weight excluding hydrogens is 448 g/mol. The van der Waals surface area contributed by atoms with Gasteiger partial charge in [-0.2, -0.15) is 0 Å². The molecule has 2 fully saturated rings. The van der Waals surface area contributed by atoms with Gasteiger partial charge in [-0.1, -0.05) is 52.0 Å². The number of hydrogen-bond acceptors (Lipinski definition) is 5. The number of nitrogens with one attached hydrogen (secondary N) is 2. The molecule has 8 heteroatoms. The zero-order valence-corrected chi connectivity index (χ0v) is 22.2. The number of benzene rings is 1. The number of carbonyl (C=O) groups is 3. The number of amides is 3. The molecule has 0 bridgehead atoms. The van der Waals surface area contributed by atoms with Gasteiger partial charge in [0.05, 0.1) is 11.9 Å². The molecule has 1 aromatic rings. The van der Waals surface area contributed by atoms with Crippen LogP contribution in [0.1, 0.15) is 64.5 Å². The van der Waals surface area contributed by atoms with E-state index in [9.17, 15) is 14.4 Å². The van der Waals surface area contributed by atoms with Crippen molar-refractivity contribution in [3.63, 3.8) is 0 Å². The monoisotopic (exact) mass is 490 g/mol. The molecule has 3 atom stereocenters. The van der Waals surface area contributed by atoms with Gasteiger partial charge in [-0.15, -0.1) is 11.8 Å². The number of likely N-dealkylation sites (N-methyl/N-ethyl adjacent to an activating group) is 1. The van der Waals surface area contributed by atoms with Crippen LogP contribution in [0.2, 0.25) is 0 Å². The molecule has 3 aliphatic rings. The molecule has 0 radical (unpaired) electrons. The summed E-state index contributed by atoms with van der Waals surface area (Å²) in [5, 5.41) is 5.46. The Balaban J connectivity index is 0.000000281. The quantitative estimate of drug-likeness (QED) is 0.602. The fourth-order valence-electron chi connectivity index (χ4n) is 4.97. The predicted molar refractivity (Wildman–Crippen MR) is 139 cm³/mol. The maximum absolute atomic E-state index is 12.8. The van der Waals surface area contributed by atoms with Crippen LogP contribution in [0.4, 0.5) is 0 Å². The molecule has 34 heavy (non-hydrogen) atoms. The summed E-state index contributed by atoms with van der Waals surface area (Å²) in [6, 6.07) is 7.59. The smallest absolute Gasteiger partial charge is 0.246 e. The number of nitrogens with zero attached hydrogens (tertiary/aromatic N) is 1. The lowest BCUT2D eigenvalue weighted by Crippen LogP contribution is -2.56. The zero-order valence-electron chi connectivity index (χ0n) is 21.4. The second-order valence-electron chi connectivity index (χ2n) is 9.48. The van der Waals surface area contributed by atoms with Gasteiger partial charge >= 0.3 is 0 Å². The van der Waals surface area contributed by atoms with Gasteiger partial charge in [-0.05, 0) is 67.9 Å². The van der Waals surface area contributed by atoms with Crippen molar-refractivity contribution in [2.24, 2.45) is 11.1 Å². The van der Waals surface area contributed by atoms with E-state index in [2.05, 4.69) is 34.9 Å². The van der Waals surface area contributed by atoms with Gasteiger partial charge in [0.2, 0.25) is 17.7 Å². The van der Waals surface area contributed by atoms with Crippen LogP contribution in [-0.2, 0) is 27.2 Å². The molecule has 0 saturated carbocycles. The highest BCUT2D eigenvalue weighted by molar-refractivity contribution is 7.99. The average Bonchev–Trinajstić information content (AvgIpc) is 3.02. The van der Waals surface area contributed by atoms with Gasteiger partial charge < -0.3 is 21.3 Å². The number of fused-ring (bicyclic) bond motifs is 2. The van der Waals surface area contributed by atoms with Gasteiger partial charge in [0.15, 0.2) is 0 Å². The fraction of sp³-hybridized carbons (Fsp3) is 0.654. The normalized spacial score (nSPS) is 24.8. The van der Waals surface area contributed by atoms with Crippen LogP contribution in [0.15, 0.2) is 24.3 Å². The molecule has 0 spiro atoms. The first-order valence-corrected chi connectivity index (χ1v) is 13.5. The molecule has 3 amide bonds. The van der Waals surface area contributed by atoms with Crippen molar-refractivity contribution in [3.05, 3.63) is 35.4 Å². The molecule has 2 heterocycles. The van der Waals surface area contributed by atoms with Crippen molar-refractivity contribution in [1.29, 1.82) is 0 Å². The van der Waals surface area contributed by atoms with Gasteiger partial charge in [0.25, 0.3) is 0 Å². The summed E-state index contributed by atoms with van der Waals surface area (Å²) in [6.07, 6.45) is 6.67. The Morgan fingerprint density at radius 3 is 2.26 bits per heavy atom. The van der Waals surface area contributed by atoms with Crippen molar-refractivity contribution in [1.82, 2.24) is 15.5 Å². The molecular formula is C26H42N4O3S. The van der Waals surface area contributed by atoms with Crippen molar-refractivity contribution in [2.45, 2.75) is 83.7 Å². The van der Waals surface area contributed by atoms with E-state index in [0.717, 1.165) is 12.2 Å². The second-order valence-corrected chi connectivity index (χ2v) is 10.8. The Morgan fingerprint density at radius 1 is 1.15 bits per heavy atom. The summed E-state index contributed by atoms with van der Waals surface area (Å²) in [6.45, 7) is 8.07. The number of primary amides is 1. The molecule has 0 aromatic heterocycles. The van der Waals surface area contributed by atoms with Crippen LogP contribution in [0, 0.1) is 5.41 Å². The average molecular weight is 491 g/mol. The van der Waals surface area contributed by atoms with Crippen molar-refractivity contribution in [3.8, 4) is 0 Å². The lowest BCUT2D eigenvalue weighted by molar-refractivity contribution is -0.142. The summed E-state index contributed by atoms with van der Waals surface area (Å²) in [5.41, 5.74) is 8.35. The minimum absolute atomic E-state index is 0.0498. The summed E-state index contributed by atoms with van der Waals surface area (Å²) >= 11 is 1.66. The summed E-state index contributed by atoms with van der Waals surface area (Å²) < 4.78 is 0. The van der Waals surface area contributed by atoms with E-state index in [-0.39, 0.29) is 29.1 Å². The summed E-state index contributed by atoms with van der Waals surface area (Å²) in [7, 11) is 1.67. The standard InChI is InChI=1S/C14H24N4O3S.C10H12.C2H6/c1-14(2)6-10-18(11(14)12(15)20)13(21)8(4-5-22-10)17-9(19)7-16-3;1-2-6-10-8-4-3-7-9(10)5-1;1-2/h8,10-11,16H,4-7H2,1-3H3,(H2,15,20)(H,17,19);1-2,5-6H,3-4,7-8H2;1-2H3. The third-order valence-corrected chi connectivity index (χ3v) is 7.75. The fourth-order valence-corrected chi connectivity index (χ4v) is 6.55. The molecule has 3 unspecified atom stereocenters. The van der Waals surface area contributed by atoms with Gasteiger partial charge in [-0.3, -0.25) is 14.4 Å². The Labute approximate surface area is 209 Å². The van der Waals surface area contributed by atoms with E-state index in [1.165, 1.54) is 25.7 Å². The molecule has 1 aromatic carbocycles. The van der Waals surface area contributed by atoms with Crippen LogP contribution >= 0.6 is 11.8 Å². The molecule has 7 nitrogen and oxygen atoms in total.